The van der Waals surface area contributed by atoms with Crippen LogP contribution in [0.5, 0.6) is 0 Å². The fourth-order valence-electron chi connectivity index (χ4n) is 3.31. The van der Waals surface area contributed by atoms with E-state index in [9.17, 15) is 18.0 Å². The highest BCUT2D eigenvalue weighted by Crippen LogP contribution is 2.29. The van der Waals surface area contributed by atoms with Crippen molar-refractivity contribution in [3.8, 4) is 0 Å². The molecule has 2 aromatic rings. The lowest BCUT2D eigenvalue weighted by Crippen LogP contribution is -2.47. The minimum Gasteiger partial charge on any atom is -0.335 e. The fraction of sp³-hybridized carbons (Fsp3) is 0.381. The van der Waals surface area contributed by atoms with Crippen LogP contribution in [-0.2, 0) is 19.3 Å². The van der Waals surface area contributed by atoms with E-state index < -0.39 is 11.7 Å². The van der Waals surface area contributed by atoms with E-state index >= 15 is 0 Å². The molecule has 7 heteroatoms. The Morgan fingerprint density at radius 2 is 1.61 bits per heavy atom. The average molecular weight is 391 g/mol. The van der Waals surface area contributed by atoms with Gasteiger partial charge in [0.25, 0.3) is 0 Å². The number of carbonyl (C=O) groups is 1. The van der Waals surface area contributed by atoms with Crippen molar-refractivity contribution in [2.24, 2.45) is 0 Å². The topological polar surface area (TPSA) is 44.4 Å². The van der Waals surface area contributed by atoms with E-state index in [-0.39, 0.29) is 18.6 Å². The van der Waals surface area contributed by atoms with Crippen LogP contribution in [0.3, 0.4) is 0 Å². The number of likely N-dealkylation sites (tertiary alicyclic amines) is 1. The molecule has 2 N–H and O–H groups in total. The van der Waals surface area contributed by atoms with E-state index in [1.165, 1.54) is 17.7 Å². The summed E-state index contributed by atoms with van der Waals surface area (Å²) in [6.45, 7) is 2.93. The van der Waals surface area contributed by atoms with Gasteiger partial charge in [0.1, 0.15) is 0 Å². The summed E-state index contributed by atoms with van der Waals surface area (Å²) in [4.78, 5) is 14.4. The standard InChI is InChI=1S/C21H24F3N3O/c22-21(23,24)18-8-6-16(7-9-18)14-25-20(28)26-19-10-12-27(13-11-19)15-17-4-2-1-3-5-17/h1-9,19H,10-15H2,(H2,25,26,28). The van der Waals surface area contributed by atoms with Gasteiger partial charge in [-0.1, -0.05) is 42.5 Å². The maximum absolute atomic E-state index is 12.6. The van der Waals surface area contributed by atoms with E-state index in [0.29, 0.717) is 5.56 Å². The Balaban J connectivity index is 1.37. The maximum Gasteiger partial charge on any atom is 0.416 e. The minimum atomic E-state index is -4.35. The molecule has 2 amide bonds. The molecule has 0 atom stereocenters. The lowest BCUT2D eigenvalue weighted by Gasteiger charge is -2.32. The number of hydrogen-bond acceptors (Lipinski definition) is 2. The molecule has 2 aromatic carbocycles. The molecule has 0 saturated carbocycles. The zero-order chi connectivity index (χ0) is 20.0. The highest BCUT2D eigenvalue weighted by Gasteiger charge is 2.29. The average Bonchev–Trinajstić information content (AvgIpc) is 2.68. The summed E-state index contributed by atoms with van der Waals surface area (Å²) < 4.78 is 37.7. The van der Waals surface area contributed by atoms with Crippen LogP contribution in [0.2, 0.25) is 0 Å². The summed E-state index contributed by atoms with van der Waals surface area (Å²) >= 11 is 0. The first-order valence-electron chi connectivity index (χ1n) is 9.37. The molecule has 0 unspecified atom stereocenters. The zero-order valence-corrected chi connectivity index (χ0v) is 15.5. The van der Waals surface area contributed by atoms with Crippen LogP contribution in [0.25, 0.3) is 0 Å². The molecule has 1 aliphatic heterocycles. The van der Waals surface area contributed by atoms with Gasteiger partial charge in [0.15, 0.2) is 0 Å². The quantitative estimate of drug-likeness (QED) is 0.804. The second kappa shape index (κ2) is 9.10. The third kappa shape index (κ3) is 5.99. The van der Waals surface area contributed by atoms with Gasteiger partial charge in [-0.15, -0.1) is 0 Å². The number of hydrogen-bond donors (Lipinski definition) is 2. The number of benzene rings is 2. The molecule has 1 fully saturated rings. The van der Waals surface area contributed by atoms with Crippen molar-refractivity contribution in [1.82, 2.24) is 15.5 Å². The first-order valence-corrected chi connectivity index (χ1v) is 9.37. The van der Waals surface area contributed by atoms with Crippen LogP contribution >= 0.6 is 0 Å². The number of alkyl halides is 3. The highest BCUT2D eigenvalue weighted by molar-refractivity contribution is 5.74. The largest absolute Gasteiger partial charge is 0.416 e. The molecule has 0 aliphatic carbocycles. The van der Waals surface area contributed by atoms with Crippen LogP contribution < -0.4 is 10.6 Å². The normalized spacial score (nSPS) is 16.0. The lowest BCUT2D eigenvalue weighted by molar-refractivity contribution is -0.137. The van der Waals surface area contributed by atoms with Crippen molar-refractivity contribution >= 4 is 6.03 Å². The van der Waals surface area contributed by atoms with Crippen LogP contribution in [0.4, 0.5) is 18.0 Å². The Hall–Kier alpha value is -2.54. The minimum absolute atomic E-state index is 0.111. The molecule has 3 rings (SSSR count). The van der Waals surface area contributed by atoms with Crippen molar-refractivity contribution < 1.29 is 18.0 Å². The molecular formula is C21H24F3N3O. The number of urea groups is 1. The number of piperidine rings is 1. The Bertz CT molecular complexity index is 755. The van der Waals surface area contributed by atoms with Gasteiger partial charge < -0.3 is 10.6 Å². The summed E-state index contributed by atoms with van der Waals surface area (Å²) in [6.07, 6.45) is -2.60. The van der Waals surface area contributed by atoms with E-state index in [0.717, 1.165) is 44.6 Å². The SMILES string of the molecule is O=C(NCc1ccc(C(F)(F)F)cc1)NC1CCN(Cc2ccccc2)CC1. The van der Waals surface area contributed by atoms with Gasteiger partial charge in [-0.3, -0.25) is 4.90 Å². The molecule has 1 heterocycles. The molecule has 1 saturated heterocycles. The van der Waals surface area contributed by atoms with Crippen molar-refractivity contribution in [3.63, 3.8) is 0 Å². The van der Waals surface area contributed by atoms with Gasteiger partial charge >= 0.3 is 12.2 Å². The first-order chi connectivity index (χ1) is 13.4. The van der Waals surface area contributed by atoms with Crippen molar-refractivity contribution in [2.75, 3.05) is 13.1 Å². The van der Waals surface area contributed by atoms with Crippen LogP contribution in [-0.4, -0.2) is 30.1 Å². The van der Waals surface area contributed by atoms with E-state index in [1.54, 1.807) is 0 Å². The summed E-state index contributed by atoms with van der Waals surface area (Å²) in [5, 5.41) is 5.66. The van der Waals surface area contributed by atoms with Gasteiger partial charge in [-0.2, -0.15) is 13.2 Å². The number of nitrogens with one attached hydrogen (secondary N) is 2. The molecule has 1 aliphatic rings. The number of rotatable bonds is 5. The Morgan fingerprint density at radius 1 is 0.964 bits per heavy atom. The fourth-order valence-corrected chi connectivity index (χ4v) is 3.31. The molecular weight excluding hydrogens is 367 g/mol. The third-order valence-electron chi connectivity index (χ3n) is 4.91. The van der Waals surface area contributed by atoms with Gasteiger partial charge in [0, 0.05) is 32.2 Å². The Morgan fingerprint density at radius 3 is 2.21 bits per heavy atom. The number of carbonyl (C=O) groups excluding carboxylic acids is 1. The van der Waals surface area contributed by atoms with Crippen LogP contribution in [0.1, 0.15) is 29.5 Å². The summed E-state index contributed by atoms with van der Waals surface area (Å²) in [6, 6.07) is 14.9. The molecule has 4 nitrogen and oxygen atoms in total. The second-order valence-electron chi connectivity index (χ2n) is 7.06. The molecule has 150 valence electrons. The van der Waals surface area contributed by atoms with E-state index in [2.05, 4.69) is 27.7 Å². The second-order valence-corrected chi connectivity index (χ2v) is 7.06. The lowest BCUT2D eigenvalue weighted by atomic mass is 10.0. The van der Waals surface area contributed by atoms with Gasteiger partial charge in [0.05, 0.1) is 5.56 Å². The molecule has 0 bridgehead atoms. The van der Waals surface area contributed by atoms with Crippen molar-refractivity contribution in [3.05, 3.63) is 71.3 Å². The summed E-state index contributed by atoms with van der Waals surface area (Å²) in [5.41, 5.74) is 1.21. The monoisotopic (exact) mass is 391 g/mol. The summed E-state index contributed by atoms with van der Waals surface area (Å²) in [5.74, 6) is 0. The predicted molar refractivity (Wildman–Crippen MR) is 102 cm³/mol. The van der Waals surface area contributed by atoms with Crippen molar-refractivity contribution in [1.29, 1.82) is 0 Å². The number of nitrogens with zero attached hydrogens (tertiary/aromatic N) is 1. The maximum atomic E-state index is 12.6. The van der Waals surface area contributed by atoms with E-state index in [1.807, 2.05) is 18.2 Å². The molecule has 0 aromatic heterocycles. The van der Waals surface area contributed by atoms with Crippen LogP contribution in [0.15, 0.2) is 54.6 Å². The number of amides is 2. The van der Waals surface area contributed by atoms with Crippen LogP contribution in [0, 0.1) is 0 Å². The van der Waals surface area contributed by atoms with Gasteiger partial charge in [-0.05, 0) is 36.1 Å². The Kier molecular flexibility index (Phi) is 6.57. The highest BCUT2D eigenvalue weighted by atomic mass is 19.4. The smallest absolute Gasteiger partial charge is 0.335 e. The molecule has 0 radical (unpaired) electrons. The summed E-state index contributed by atoms with van der Waals surface area (Å²) in [7, 11) is 0. The number of halogens is 3. The van der Waals surface area contributed by atoms with Crippen molar-refractivity contribution in [2.45, 2.75) is 38.1 Å². The van der Waals surface area contributed by atoms with Gasteiger partial charge in [0.2, 0.25) is 0 Å². The zero-order valence-electron chi connectivity index (χ0n) is 15.5. The third-order valence-corrected chi connectivity index (χ3v) is 4.91. The molecule has 0 spiro atoms. The van der Waals surface area contributed by atoms with Gasteiger partial charge in [-0.25, -0.2) is 4.79 Å². The molecule has 28 heavy (non-hydrogen) atoms. The first kappa shape index (κ1) is 20.2. The Labute approximate surface area is 162 Å². The predicted octanol–water partition coefficient (Wildman–Crippen LogP) is 4.17. The van der Waals surface area contributed by atoms with E-state index in [4.69, 9.17) is 0 Å².